The molecule has 6 N–H and O–H groups in total. The summed E-state index contributed by atoms with van der Waals surface area (Å²) in [5.74, 6) is -1.72. The number of benzene rings is 2. The molecule has 0 bridgehead atoms. The molecule has 8 nitrogen and oxygen atoms in total. The molecule has 1 saturated heterocycles. The number of amides is 3. The largest absolute Gasteiger partial charge is 0.416 e. The summed E-state index contributed by atoms with van der Waals surface area (Å²) >= 11 is 1.57. The number of hydrogen-bond donors (Lipinski definition) is 5. The number of thioether (sulfide) groups is 1. The molecule has 0 spiro atoms. The van der Waals surface area contributed by atoms with Gasteiger partial charge in [0.25, 0.3) is 11.8 Å². The third-order valence-corrected chi connectivity index (χ3v) is 6.28. The predicted molar refractivity (Wildman–Crippen MR) is 127 cm³/mol. The molecule has 0 radical (unpaired) electrons. The Hall–Kier alpha value is -3.25. The Kier molecular flexibility index (Phi) is 8.62. The van der Waals surface area contributed by atoms with Gasteiger partial charge in [-0.1, -0.05) is 0 Å². The highest BCUT2D eigenvalue weighted by Gasteiger charge is 2.32. The average molecular weight is 510 g/mol. The van der Waals surface area contributed by atoms with Gasteiger partial charge in [-0.15, -0.1) is 11.8 Å². The van der Waals surface area contributed by atoms with Crippen molar-refractivity contribution in [2.45, 2.75) is 29.6 Å². The summed E-state index contributed by atoms with van der Waals surface area (Å²) in [5.41, 5.74) is 4.61. The van der Waals surface area contributed by atoms with Crippen molar-refractivity contribution < 1.29 is 27.6 Å². The molecule has 2 atom stereocenters. The van der Waals surface area contributed by atoms with Crippen molar-refractivity contribution in [1.82, 2.24) is 21.3 Å². The van der Waals surface area contributed by atoms with Crippen LogP contribution in [0.2, 0.25) is 0 Å². The number of anilines is 1. The fourth-order valence-corrected chi connectivity index (χ4v) is 4.03. The van der Waals surface area contributed by atoms with Crippen LogP contribution in [0.1, 0.15) is 32.7 Å². The van der Waals surface area contributed by atoms with Crippen LogP contribution in [-0.2, 0) is 11.0 Å². The number of rotatable bonds is 7. The highest BCUT2D eigenvalue weighted by molar-refractivity contribution is 7.98. The van der Waals surface area contributed by atoms with E-state index in [9.17, 15) is 27.6 Å². The molecule has 35 heavy (non-hydrogen) atoms. The van der Waals surface area contributed by atoms with E-state index in [2.05, 4.69) is 21.3 Å². The summed E-state index contributed by atoms with van der Waals surface area (Å²) in [6.45, 7) is 0.576. The van der Waals surface area contributed by atoms with Crippen molar-refractivity contribution in [3.8, 4) is 0 Å². The van der Waals surface area contributed by atoms with Crippen LogP contribution < -0.4 is 27.0 Å². The number of halogens is 3. The van der Waals surface area contributed by atoms with Crippen molar-refractivity contribution in [3.05, 3.63) is 59.2 Å². The first kappa shape index (κ1) is 26.4. The molecule has 0 unspecified atom stereocenters. The number of nitrogens with two attached hydrogens (primary N) is 1. The number of nitrogens with one attached hydrogen (secondary N) is 4. The molecule has 1 fully saturated rings. The normalized spacial score (nSPS) is 17.9. The number of hydrogen-bond acceptors (Lipinski definition) is 6. The molecule has 0 aromatic heterocycles. The van der Waals surface area contributed by atoms with Crippen LogP contribution in [0.5, 0.6) is 0 Å². The maximum Gasteiger partial charge on any atom is 0.416 e. The standard InChI is InChI=1S/C23H26F3N5O3S/c1-35-15-5-2-13(3-6-15)21(33)31-18-8-9-28-11-19(18)30-20(32)12-29-22(34)16-10-14(23(24,25)26)4-7-17(16)27/h2-7,10,18-19,28H,8-9,11-12,27H2,1H3,(H,29,34)(H,30,32)(H,31,33)/t18-,19+/m0/s1. The molecule has 0 aliphatic carbocycles. The summed E-state index contributed by atoms with van der Waals surface area (Å²) in [7, 11) is 0. The second kappa shape index (κ2) is 11.5. The van der Waals surface area contributed by atoms with Crippen molar-refractivity contribution in [2.24, 2.45) is 0 Å². The molecule has 188 valence electrons. The minimum absolute atomic E-state index is 0.138. The monoisotopic (exact) mass is 509 g/mol. The van der Waals surface area contributed by atoms with E-state index in [0.29, 0.717) is 31.1 Å². The van der Waals surface area contributed by atoms with Gasteiger partial charge in [0, 0.05) is 22.7 Å². The van der Waals surface area contributed by atoms with Crippen LogP contribution in [0.25, 0.3) is 0 Å². The highest BCUT2D eigenvalue weighted by Crippen LogP contribution is 2.31. The Labute approximate surface area is 204 Å². The number of alkyl halides is 3. The van der Waals surface area contributed by atoms with E-state index in [1.54, 1.807) is 23.9 Å². The fourth-order valence-electron chi connectivity index (χ4n) is 3.62. The Morgan fingerprint density at radius 3 is 2.43 bits per heavy atom. The lowest BCUT2D eigenvalue weighted by Gasteiger charge is -2.33. The third kappa shape index (κ3) is 7.12. The van der Waals surface area contributed by atoms with Gasteiger partial charge in [0.05, 0.1) is 29.8 Å². The lowest BCUT2D eigenvalue weighted by atomic mass is 10.00. The SMILES string of the molecule is CSc1ccc(C(=O)N[C@H]2CCNC[C@H]2NC(=O)CNC(=O)c2cc(C(F)(F)F)ccc2N)cc1. The van der Waals surface area contributed by atoms with Crippen molar-refractivity contribution in [1.29, 1.82) is 0 Å². The second-order valence-electron chi connectivity index (χ2n) is 7.96. The van der Waals surface area contributed by atoms with Crippen LogP contribution in [0.4, 0.5) is 18.9 Å². The van der Waals surface area contributed by atoms with Gasteiger partial charge < -0.3 is 27.0 Å². The Bertz CT molecular complexity index is 1080. The topological polar surface area (TPSA) is 125 Å². The first-order valence-corrected chi connectivity index (χ1v) is 12.0. The molecule has 12 heteroatoms. The molecule has 1 aliphatic rings. The minimum Gasteiger partial charge on any atom is -0.398 e. The van der Waals surface area contributed by atoms with Gasteiger partial charge in [-0.25, -0.2) is 0 Å². The van der Waals surface area contributed by atoms with E-state index in [0.717, 1.165) is 17.0 Å². The van der Waals surface area contributed by atoms with Gasteiger partial charge in [0.15, 0.2) is 0 Å². The van der Waals surface area contributed by atoms with Gasteiger partial charge in [0.2, 0.25) is 5.91 Å². The summed E-state index contributed by atoms with van der Waals surface area (Å²) in [4.78, 5) is 38.5. The molecular formula is C23H26F3N5O3S. The van der Waals surface area contributed by atoms with E-state index < -0.39 is 36.1 Å². The Morgan fingerprint density at radius 2 is 1.77 bits per heavy atom. The van der Waals surface area contributed by atoms with E-state index >= 15 is 0 Å². The molecule has 1 aliphatic heterocycles. The molecule has 0 saturated carbocycles. The molecule has 3 rings (SSSR count). The summed E-state index contributed by atoms with van der Waals surface area (Å²) in [6.07, 6.45) is -2.12. The number of carbonyl (C=O) groups excluding carboxylic acids is 3. The van der Waals surface area contributed by atoms with E-state index in [-0.39, 0.29) is 23.2 Å². The van der Waals surface area contributed by atoms with Crippen LogP contribution in [0, 0.1) is 0 Å². The van der Waals surface area contributed by atoms with Crippen molar-refractivity contribution in [2.75, 3.05) is 31.6 Å². The van der Waals surface area contributed by atoms with E-state index in [4.69, 9.17) is 5.73 Å². The average Bonchev–Trinajstić information content (AvgIpc) is 2.83. The zero-order chi connectivity index (χ0) is 25.6. The molecule has 2 aromatic carbocycles. The molecular weight excluding hydrogens is 483 g/mol. The van der Waals surface area contributed by atoms with Crippen LogP contribution in [0.15, 0.2) is 47.4 Å². The van der Waals surface area contributed by atoms with E-state index in [1.807, 2.05) is 18.4 Å². The zero-order valence-corrected chi connectivity index (χ0v) is 19.7. The second-order valence-corrected chi connectivity index (χ2v) is 8.84. The van der Waals surface area contributed by atoms with Crippen LogP contribution in [-0.4, -0.2) is 55.7 Å². The minimum atomic E-state index is -4.63. The lowest BCUT2D eigenvalue weighted by Crippen LogP contribution is -2.60. The van der Waals surface area contributed by atoms with Gasteiger partial charge in [0.1, 0.15) is 0 Å². The van der Waals surface area contributed by atoms with Gasteiger partial charge in [-0.2, -0.15) is 13.2 Å². The fraction of sp³-hybridized carbons (Fsp3) is 0.348. The number of carbonyl (C=O) groups is 3. The molecule has 1 heterocycles. The Balaban J connectivity index is 1.57. The summed E-state index contributed by atoms with van der Waals surface area (Å²) in [5, 5.41) is 11.1. The predicted octanol–water partition coefficient (Wildman–Crippen LogP) is 2.02. The third-order valence-electron chi connectivity index (χ3n) is 5.53. The highest BCUT2D eigenvalue weighted by atomic mass is 32.2. The first-order chi connectivity index (χ1) is 16.6. The van der Waals surface area contributed by atoms with Crippen LogP contribution in [0.3, 0.4) is 0 Å². The summed E-state index contributed by atoms with van der Waals surface area (Å²) < 4.78 is 38.8. The maximum atomic E-state index is 12.9. The zero-order valence-electron chi connectivity index (χ0n) is 18.9. The smallest absolute Gasteiger partial charge is 0.398 e. The Morgan fingerprint density at radius 1 is 1.06 bits per heavy atom. The van der Waals surface area contributed by atoms with Gasteiger partial charge in [-0.3, -0.25) is 14.4 Å². The van der Waals surface area contributed by atoms with Crippen LogP contribution >= 0.6 is 11.8 Å². The van der Waals surface area contributed by atoms with Gasteiger partial charge >= 0.3 is 6.18 Å². The quantitative estimate of drug-likeness (QED) is 0.287. The number of piperidine rings is 1. The van der Waals surface area contributed by atoms with Gasteiger partial charge in [-0.05, 0) is 61.7 Å². The summed E-state index contributed by atoms with van der Waals surface area (Å²) in [6, 6.07) is 8.78. The maximum absolute atomic E-state index is 12.9. The first-order valence-electron chi connectivity index (χ1n) is 10.8. The molecule has 3 amide bonds. The lowest BCUT2D eigenvalue weighted by molar-refractivity contribution is -0.137. The van der Waals surface area contributed by atoms with Crippen molar-refractivity contribution in [3.63, 3.8) is 0 Å². The van der Waals surface area contributed by atoms with E-state index in [1.165, 1.54) is 0 Å². The number of nitrogen functional groups attached to an aromatic ring is 1. The van der Waals surface area contributed by atoms with Crippen molar-refractivity contribution >= 4 is 35.2 Å². The molecule has 2 aromatic rings.